The van der Waals surface area contributed by atoms with E-state index in [1.807, 2.05) is 25.2 Å². The van der Waals surface area contributed by atoms with Crippen molar-refractivity contribution in [3.05, 3.63) is 64.1 Å². The molecule has 2 aromatic carbocycles. The molecule has 2 rings (SSSR count). The fraction of sp³-hybridized carbons (Fsp3) is 0.294. The van der Waals surface area contributed by atoms with Gasteiger partial charge in [-0.1, -0.05) is 59.3 Å². The average molecular weight is 334 g/mol. The maximum Gasteiger partial charge on any atom is 0.124 e. The molecule has 0 saturated carbocycles. The molecule has 0 heterocycles. The average Bonchev–Trinajstić information content (AvgIpc) is 2.49. The van der Waals surface area contributed by atoms with E-state index in [-0.39, 0.29) is 6.04 Å². The Balaban J connectivity index is 2.39. The molecule has 1 atom stereocenters. The smallest absolute Gasteiger partial charge is 0.124 e. The summed E-state index contributed by atoms with van der Waals surface area (Å²) in [7, 11) is 1.97. The van der Waals surface area contributed by atoms with Gasteiger partial charge in [0.15, 0.2) is 0 Å². The predicted octanol–water partition coefficient (Wildman–Crippen LogP) is 4.55. The molecule has 0 amide bonds. The van der Waals surface area contributed by atoms with Crippen LogP contribution >= 0.6 is 15.9 Å². The first-order valence-electron chi connectivity index (χ1n) is 6.91. The number of hydrogen-bond acceptors (Lipinski definition) is 2. The summed E-state index contributed by atoms with van der Waals surface area (Å²) in [5.74, 6) is 0.949. The maximum absolute atomic E-state index is 5.88. The fourth-order valence-electron chi connectivity index (χ4n) is 2.25. The molecule has 0 radical (unpaired) electrons. The van der Waals surface area contributed by atoms with E-state index in [4.69, 9.17) is 4.74 Å². The Hall–Kier alpha value is -1.32. The second-order valence-corrected chi connectivity index (χ2v) is 5.48. The summed E-state index contributed by atoms with van der Waals surface area (Å²) in [4.78, 5) is 0. The van der Waals surface area contributed by atoms with Crippen molar-refractivity contribution in [2.75, 3.05) is 13.7 Å². The minimum Gasteiger partial charge on any atom is -0.493 e. The molecule has 0 aliphatic rings. The molecule has 0 fully saturated rings. The predicted molar refractivity (Wildman–Crippen MR) is 87.3 cm³/mol. The second kappa shape index (κ2) is 7.46. The van der Waals surface area contributed by atoms with Crippen molar-refractivity contribution < 1.29 is 4.74 Å². The summed E-state index contributed by atoms with van der Waals surface area (Å²) < 4.78 is 6.98. The highest BCUT2D eigenvalue weighted by Gasteiger charge is 2.18. The quantitative estimate of drug-likeness (QED) is 0.837. The molecule has 2 nitrogen and oxygen atoms in total. The van der Waals surface area contributed by atoms with E-state index >= 15 is 0 Å². The molecule has 0 aromatic heterocycles. The van der Waals surface area contributed by atoms with Gasteiger partial charge >= 0.3 is 0 Å². The van der Waals surface area contributed by atoms with E-state index in [1.165, 1.54) is 5.56 Å². The highest BCUT2D eigenvalue weighted by atomic mass is 79.9. The van der Waals surface area contributed by atoms with Crippen LogP contribution in [0.1, 0.15) is 30.5 Å². The van der Waals surface area contributed by atoms with Crippen LogP contribution in [0.2, 0.25) is 0 Å². The van der Waals surface area contributed by atoms with Gasteiger partial charge in [0.25, 0.3) is 0 Å². The summed E-state index contributed by atoms with van der Waals surface area (Å²) in [6.45, 7) is 2.86. The molecule has 1 N–H and O–H groups in total. The van der Waals surface area contributed by atoms with Gasteiger partial charge < -0.3 is 10.1 Å². The van der Waals surface area contributed by atoms with Gasteiger partial charge in [-0.3, -0.25) is 0 Å². The van der Waals surface area contributed by atoms with Crippen LogP contribution in [0.4, 0.5) is 0 Å². The van der Waals surface area contributed by atoms with E-state index in [2.05, 4.69) is 58.5 Å². The first-order chi connectivity index (χ1) is 9.77. The maximum atomic E-state index is 5.88. The summed E-state index contributed by atoms with van der Waals surface area (Å²) >= 11 is 3.63. The molecule has 2 aromatic rings. The fourth-order valence-corrected chi connectivity index (χ4v) is 2.76. The van der Waals surface area contributed by atoms with Crippen LogP contribution in [0.15, 0.2) is 53.0 Å². The van der Waals surface area contributed by atoms with Crippen LogP contribution in [0.25, 0.3) is 0 Å². The highest BCUT2D eigenvalue weighted by Crippen LogP contribution is 2.33. The first-order valence-corrected chi connectivity index (χ1v) is 7.70. The monoisotopic (exact) mass is 333 g/mol. The Labute approximate surface area is 129 Å². The summed E-state index contributed by atoms with van der Waals surface area (Å²) in [6, 6.07) is 16.6. The zero-order valence-corrected chi connectivity index (χ0v) is 13.5. The Morgan fingerprint density at radius 1 is 1.05 bits per heavy atom. The number of hydrogen-bond donors (Lipinski definition) is 1. The molecular weight excluding hydrogens is 314 g/mol. The molecule has 0 bridgehead atoms. The summed E-state index contributed by atoms with van der Waals surface area (Å²) in [5.41, 5.74) is 2.37. The van der Waals surface area contributed by atoms with Crippen molar-refractivity contribution in [2.24, 2.45) is 0 Å². The number of nitrogens with one attached hydrogen (secondary N) is 1. The van der Waals surface area contributed by atoms with Crippen LogP contribution in [0.3, 0.4) is 0 Å². The number of benzene rings is 2. The van der Waals surface area contributed by atoms with Crippen LogP contribution in [-0.4, -0.2) is 13.7 Å². The van der Waals surface area contributed by atoms with Gasteiger partial charge in [-0.05, 0) is 31.2 Å². The van der Waals surface area contributed by atoms with Crippen LogP contribution < -0.4 is 10.1 Å². The van der Waals surface area contributed by atoms with Gasteiger partial charge in [0, 0.05) is 10.0 Å². The van der Waals surface area contributed by atoms with Crippen molar-refractivity contribution >= 4 is 15.9 Å². The van der Waals surface area contributed by atoms with Crippen molar-refractivity contribution in [1.29, 1.82) is 0 Å². The van der Waals surface area contributed by atoms with Crippen LogP contribution in [0.5, 0.6) is 5.75 Å². The molecule has 0 saturated heterocycles. The van der Waals surface area contributed by atoms with E-state index in [0.717, 1.165) is 28.8 Å². The standard InChI is InChI=1S/C17H20BrNO/c1-3-12-20-16-11-7-5-9-14(16)17(19-2)13-8-4-6-10-15(13)18/h4-11,17,19H,3,12H2,1-2H3. The lowest BCUT2D eigenvalue weighted by Gasteiger charge is -2.21. The zero-order chi connectivity index (χ0) is 14.4. The molecule has 0 aliphatic carbocycles. The molecule has 106 valence electrons. The van der Waals surface area contributed by atoms with Crippen molar-refractivity contribution in [2.45, 2.75) is 19.4 Å². The molecule has 0 aliphatic heterocycles. The van der Waals surface area contributed by atoms with Crippen molar-refractivity contribution in [1.82, 2.24) is 5.32 Å². The number of halogens is 1. The largest absolute Gasteiger partial charge is 0.493 e. The van der Waals surface area contributed by atoms with Crippen LogP contribution in [-0.2, 0) is 0 Å². The van der Waals surface area contributed by atoms with Gasteiger partial charge in [-0.15, -0.1) is 0 Å². The lowest BCUT2D eigenvalue weighted by Crippen LogP contribution is -2.19. The summed E-state index contributed by atoms with van der Waals surface area (Å²) in [6.07, 6.45) is 1.01. The van der Waals surface area contributed by atoms with E-state index in [1.54, 1.807) is 0 Å². The van der Waals surface area contributed by atoms with Gasteiger partial charge in [-0.25, -0.2) is 0 Å². The minimum absolute atomic E-state index is 0.110. The summed E-state index contributed by atoms with van der Waals surface area (Å²) in [5, 5.41) is 3.38. The number of rotatable bonds is 6. The van der Waals surface area contributed by atoms with Gasteiger partial charge in [0.1, 0.15) is 5.75 Å². The number of ether oxygens (including phenoxy) is 1. The van der Waals surface area contributed by atoms with Gasteiger partial charge in [-0.2, -0.15) is 0 Å². The highest BCUT2D eigenvalue weighted by molar-refractivity contribution is 9.10. The molecule has 0 spiro atoms. The Morgan fingerprint density at radius 2 is 1.70 bits per heavy atom. The van der Waals surface area contributed by atoms with Gasteiger partial charge in [0.05, 0.1) is 12.6 Å². The zero-order valence-electron chi connectivity index (χ0n) is 11.9. The molecule has 3 heteroatoms. The Kier molecular flexibility index (Phi) is 5.62. The van der Waals surface area contributed by atoms with Gasteiger partial charge in [0.2, 0.25) is 0 Å². The normalized spacial score (nSPS) is 12.2. The third-order valence-electron chi connectivity index (χ3n) is 3.20. The Bertz CT molecular complexity index is 556. The Morgan fingerprint density at radius 3 is 2.35 bits per heavy atom. The van der Waals surface area contributed by atoms with E-state index in [9.17, 15) is 0 Å². The lowest BCUT2D eigenvalue weighted by atomic mass is 9.98. The third-order valence-corrected chi connectivity index (χ3v) is 3.92. The third kappa shape index (κ3) is 3.41. The topological polar surface area (TPSA) is 21.3 Å². The van der Waals surface area contributed by atoms with Crippen LogP contribution in [0, 0.1) is 0 Å². The minimum atomic E-state index is 0.110. The molecular formula is C17H20BrNO. The molecule has 1 unspecified atom stereocenters. The van der Waals surface area contributed by atoms with Crippen molar-refractivity contribution in [3.63, 3.8) is 0 Å². The van der Waals surface area contributed by atoms with Crippen molar-refractivity contribution in [3.8, 4) is 5.75 Å². The lowest BCUT2D eigenvalue weighted by molar-refractivity contribution is 0.312. The van der Waals surface area contributed by atoms with E-state index < -0.39 is 0 Å². The number of para-hydroxylation sites is 1. The first kappa shape index (κ1) is 15.1. The van der Waals surface area contributed by atoms with E-state index in [0.29, 0.717) is 0 Å². The molecule has 20 heavy (non-hydrogen) atoms. The SMILES string of the molecule is CCCOc1ccccc1C(NC)c1ccccc1Br. The second-order valence-electron chi connectivity index (χ2n) is 4.63.